The van der Waals surface area contributed by atoms with E-state index in [1.807, 2.05) is 6.07 Å². The molecule has 0 aliphatic heterocycles. The van der Waals surface area contributed by atoms with Crippen LogP contribution in [0.15, 0.2) is 40.9 Å². The molecule has 2 nitrogen and oxygen atoms in total. The van der Waals surface area contributed by atoms with Crippen LogP contribution in [-0.2, 0) is 0 Å². The van der Waals surface area contributed by atoms with Gasteiger partial charge in [0.1, 0.15) is 5.82 Å². The molecular formula is C16H10BrClFNO. The van der Waals surface area contributed by atoms with Crippen LogP contribution in [0.4, 0.5) is 4.39 Å². The highest BCUT2D eigenvalue weighted by Crippen LogP contribution is 2.35. The molecule has 106 valence electrons. The van der Waals surface area contributed by atoms with E-state index in [1.54, 1.807) is 36.4 Å². The topological polar surface area (TPSA) is 33.0 Å². The van der Waals surface area contributed by atoms with Gasteiger partial charge in [0.2, 0.25) is 0 Å². The lowest BCUT2D eigenvalue weighted by Crippen LogP contribution is -1.89. The quantitative estimate of drug-likeness (QED) is 0.544. The number of halogens is 3. The molecule has 0 aliphatic rings. The van der Waals surface area contributed by atoms with Gasteiger partial charge in [-0.25, -0.2) is 4.39 Å². The first-order chi connectivity index (χ1) is 10.1. The Morgan fingerprint density at radius 1 is 1.38 bits per heavy atom. The van der Waals surface area contributed by atoms with Gasteiger partial charge < -0.3 is 4.74 Å². The SMILES string of the molecule is COc1c(Cl)cc(/C=C(/C#N)c2ccccc2F)cc1Br. The van der Waals surface area contributed by atoms with E-state index in [0.717, 1.165) is 0 Å². The third-order valence-electron chi connectivity index (χ3n) is 2.82. The van der Waals surface area contributed by atoms with Gasteiger partial charge in [-0.15, -0.1) is 0 Å². The Morgan fingerprint density at radius 2 is 2.10 bits per heavy atom. The van der Waals surface area contributed by atoms with Gasteiger partial charge in [0.25, 0.3) is 0 Å². The predicted molar refractivity (Wildman–Crippen MR) is 85.6 cm³/mol. The minimum atomic E-state index is -0.441. The van der Waals surface area contributed by atoms with E-state index < -0.39 is 5.82 Å². The number of hydrogen-bond acceptors (Lipinski definition) is 2. The van der Waals surface area contributed by atoms with Crippen molar-refractivity contribution in [3.63, 3.8) is 0 Å². The summed E-state index contributed by atoms with van der Waals surface area (Å²) in [5.41, 5.74) is 1.15. The molecule has 0 bridgehead atoms. The highest BCUT2D eigenvalue weighted by atomic mass is 79.9. The molecule has 0 heterocycles. The third-order valence-corrected chi connectivity index (χ3v) is 3.69. The van der Waals surface area contributed by atoms with Crippen LogP contribution >= 0.6 is 27.5 Å². The van der Waals surface area contributed by atoms with E-state index in [2.05, 4.69) is 15.9 Å². The molecule has 0 saturated heterocycles. The van der Waals surface area contributed by atoms with E-state index in [4.69, 9.17) is 16.3 Å². The lowest BCUT2D eigenvalue weighted by atomic mass is 10.0. The van der Waals surface area contributed by atoms with Crippen molar-refractivity contribution in [3.8, 4) is 11.8 Å². The molecule has 0 atom stereocenters. The second-order valence-corrected chi connectivity index (χ2v) is 5.43. The van der Waals surface area contributed by atoms with Gasteiger partial charge in [-0.3, -0.25) is 0 Å². The molecule has 0 saturated carbocycles. The van der Waals surface area contributed by atoms with Crippen molar-refractivity contribution in [2.24, 2.45) is 0 Å². The second kappa shape index (κ2) is 6.75. The molecule has 5 heteroatoms. The van der Waals surface area contributed by atoms with Crippen LogP contribution in [0, 0.1) is 17.1 Å². The molecule has 0 aliphatic carbocycles. The zero-order valence-electron chi connectivity index (χ0n) is 11.0. The summed E-state index contributed by atoms with van der Waals surface area (Å²) in [6.07, 6.45) is 1.58. The van der Waals surface area contributed by atoms with Gasteiger partial charge in [-0.1, -0.05) is 29.8 Å². The maximum Gasteiger partial charge on any atom is 0.151 e. The lowest BCUT2D eigenvalue weighted by Gasteiger charge is -2.07. The number of nitriles is 1. The van der Waals surface area contributed by atoms with Crippen LogP contribution < -0.4 is 4.74 Å². The summed E-state index contributed by atoms with van der Waals surface area (Å²) < 4.78 is 19.6. The molecule has 0 N–H and O–H groups in total. The number of hydrogen-bond donors (Lipinski definition) is 0. The van der Waals surface area contributed by atoms with E-state index in [-0.39, 0.29) is 11.1 Å². The van der Waals surface area contributed by atoms with E-state index in [0.29, 0.717) is 20.8 Å². The summed E-state index contributed by atoms with van der Waals surface area (Å²) in [7, 11) is 1.52. The number of methoxy groups -OCH3 is 1. The fourth-order valence-corrected chi connectivity index (χ4v) is 2.93. The molecule has 21 heavy (non-hydrogen) atoms. The Balaban J connectivity index is 2.52. The second-order valence-electron chi connectivity index (χ2n) is 4.17. The number of ether oxygens (including phenoxy) is 1. The molecule has 0 amide bonds. The summed E-state index contributed by atoms with van der Waals surface area (Å²) in [5, 5.41) is 9.66. The Kier molecular flexibility index (Phi) is 5.00. The number of allylic oxidation sites excluding steroid dienone is 1. The van der Waals surface area contributed by atoms with Crippen LogP contribution in [0.1, 0.15) is 11.1 Å². The van der Waals surface area contributed by atoms with E-state index in [1.165, 1.54) is 13.2 Å². The fourth-order valence-electron chi connectivity index (χ4n) is 1.87. The normalized spacial score (nSPS) is 11.1. The Labute approximate surface area is 135 Å². The fraction of sp³-hybridized carbons (Fsp3) is 0.0625. The molecule has 2 aromatic rings. The third kappa shape index (κ3) is 3.44. The average molecular weight is 367 g/mol. The summed E-state index contributed by atoms with van der Waals surface area (Å²) in [4.78, 5) is 0. The Hall–Kier alpha value is -1.83. The van der Waals surface area contributed by atoms with Crippen molar-refractivity contribution in [2.75, 3.05) is 7.11 Å². The highest BCUT2D eigenvalue weighted by Gasteiger charge is 2.10. The molecule has 0 aromatic heterocycles. The maximum atomic E-state index is 13.8. The standard InChI is InChI=1S/C16H10BrClFNO/c1-21-16-13(17)7-10(8-14(16)18)6-11(9-20)12-4-2-3-5-15(12)19/h2-8H,1H3/b11-6-. The molecule has 2 rings (SSSR count). The number of rotatable bonds is 3. The van der Waals surface area contributed by atoms with Gasteiger partial charge in [-0.05, 0) is 45.8 Å². The van der Waals surface area contributed by atoms with Crippen molar-refractivity contribution in [3.05, 3.63) is 62.8 Å². The van der Waals surface area contributed by atoms with Crippen LogP contribution in [0.3, 0.4) is 0 Å². The van der Waals surface area contributed by atoms with Crippen LogP contribution in [0.25, 0.3) is 11.6 Å². The van der Waals surface area contributed by atoms with Crippen molar-refractivity contribution in [1.29, 1.82) is 5.26 Å². The molecule has 0 spiro atoms. The number of nitrogens with zero attached hydrogens (tertiary/aromatic N) is 1. The zero-order valence-corrected chi connectivity index (χ0v) is 13.4. The molecule has 0 radical (unpaired) electrons. The maximum absolute atomic E-state index is 13.8. The first-order valence-corrected chi connectivity index (χ1v) is 7.13. The van der Waals surface area contributed by atoms with Crippen LogP contribution in [0.2, 0.25) is 5.02 Å². The van der Waals surface area contributed by atoms with E-state index >= 15 is 0 Å². The number of benzene rings is 2. The predicted octanol–water partition coefficient (Wildman–Crippen LogP) is 5.31. The molecule has 0 unspecified atom stereocenters. The Morgan fingerprint density at radius 3 is 2.67 bits per heavy atom. The minimum Gasteiger partial charge on any atom is -0.494 e. The van der Waals surface area contributed by atoms with Gasteiger partial charge in [-0.2, -0.15) is 5.26 Å². The first kappa shape index (κ1) is 15.6. The first-order valence-electron chi connectivity index (χ1n) is 5.96. The van der Waals surface area contributed by atoms with Crippen LogP contribution in [-0.4, -0.2) is 7.11 Å². The lowest BCUT2D eigenvalue weighted by molar-refractivity contribution is 0.412. The van der Waals surface area contributed by atoms with Gasteiger partial charge >= 0.3 is 0 Å². The molecule has 0 fully saturated rings. The van der Waals surface area contributed by atoms with Crippen molar-refractivity contribution in [1.82, 2.24) is 0 Å². The van der Waals surface area contributed by atoms with Crippen molar-refractivity contribution >= 4 is 39.2 Å². The summed E-state index contributed by atoms with van der Waals surface area (Å²) in [6, 6.07) is 11.6. The summed E-state index contributed by atoms with van der Waals surface area (Å²) in [6.45, 7) is 0. The molecular weight excluding hydrogens is 357 g/mol. The molecule has 2 aromatic carbocycles. The van der Waals surface area contributed by atoms with E-state index in [9.17, 15) is 9.65 Å². The van der Waals surface area contributed by atoms with Crippen molar-refractivity contribution < 1.29 is 9.13 Å². The largest absolute Gasteiger partial charge is 0.494 e. The summed E-state index contributed by atoms with van der Waals surface area (Å²) >= 11 is 9.44. The monoisotopic (exact) mass is 365 g/mol. The van der Waals surface area contributed by atoms with Crippen molar-refractivity contribution in [2.45, 2.75) is 0 Å². The van der Waals surface area contributed by atoms with Crippen LogP contribution in [0.5, 0.6) is 5.75 Å². The Bertz CT molecular complexity index is 729. The zero-order chi connectivity index (χ0) is 15.4. The smallest absolute Gasteiger partial charge is 0.151 e. The van der Waals surface area contributed by atoms with Gasteiger partial charge in [0.05, 0.1) is 28.2 Å². The van der Waals surface area contributed by atoms with Gasteiger partial charge in [0.15, 0.2) is 5.75 Å². The average Bonchev–Trinajstić information content (AvgIpc) is 2.45. The van der Waals surface area contributed by atoms with Gasteiger partial charge in [0, 0.05) is 5.56 Å². The summed E-state index contributed by atoms with van der Waals surface area (Å²) in [5.74, 6) is 0.0715. The minimum absolute atomic E-state index is 0.223. The highest BCUT2D eigenvalue weighted by molar-refractivity contribution is 9.10.